The van der Waals surface area contributed by atoms with Gasteiger partial charge in [0.15, 0.2) is 0 Å². The standard InChI is InChI=1S/C10H19N5S/c1-7-6-13-10(15-11)14-9(7)12-5-4-8(2)16-3/h6,8H,4-5,11H2,1-3H3,(H2,12,13,14,15). The second-order valence-electron chi connectivity index (χ2n) is 3.63. The predicted octanol–water partition coefficient (Wildman–Crippen LogP) is 1.62. The quantitative estimate of drug-likeness (QED) is 0.519. The highest BCUT2D eigenvalue weighted by Gasteiger charge is 2.03. The van der Waals surface area contributed by atoms with E-state index in [0.717, 1.165) is 24.3 Å². The molecule has 1 heterocycles. The summed E-state index contributed by atoms with van der Waals surface area (Å²) in [5.74, 6) is 6.54. The van der Waals surface area contributed by atoms with E-state index in [2.05, 4.69) is 33.9 Å². The number of rotatable bonds is 6. The molecule has 0 aliphatic carbocycles. The molecule has 0 aromatic carbocycles. The molecule has 0 aliphatic rings. The smallest absolute Gasteiger partial charge is 0.239 e. The van der Waals surface area contributed by atoms with Gasteiger partial charge in [-0.25, -0.2) is 10.8 Å². The number of nitrogen functional groups attached to an aromatic ring is 1. The molecule has 90 valence electrons. The van der Waals surface area contributed by atoms with Gasteiger partial charge in [0, 0.05) is 23.6 Å². The fourth-order valence-corrected chi connectivity index (χ4v) is 1.56. The minimum Gasteiger partial charge on any atom is -0.370 e. The minimum absolute atomic E-state index is 0.436. The van der Waals surface area contributed by atoms with Gasteiger partial charge < -0.3 is 5.32 Å². The molecular formula is C10H19N5S. The van der Waals surface area contributed by atoms with Gasteiger partial charge in [-0.05, 0) is 19.6 Å². The molecule has 4 N–H and O–H groups in total. The third-order valence-corrected chi connectivity index (χ3v) is 3.39. The number of hydrazine groups is 1. The zero-order chi connectivity index (χ0) is 12.0. The monoisotopic (exact) mass is 241 g/mol. The van der Waals surface area contributed by atoms with Crippen molar-refractivity contribution in [2.75, 3.05) is 23.5 Å². The van der Waals surface area contributed by atoms with E-state index in [4.69, 9.17) is 5.84 Å². The van der Waals surface area contributed by atoms with Crippen molar-refractivity contribution >= 4 is 23.5 Å². The SMILES string of the molecule is CSC(C)CCNc1nc(NN)ncc1C. The molecule has 0 bridgehead atoms. The van der Waals surface area contributed by atoms with Crippen LogP contribution in [0.4, 0.5) is 11.8 Å². The summed E-state index contributed by atoms with van der Waals surface area (Å²) in [6.07, 6.45) is 4.98. The number of hydrogen-bond acceptors (Lipinski definition) is 6. The van der Waals surface area contributed by atoms with Gasteiger partial charge in [0.1, 0.15) is 5.82 Å². The Morgan fingerprint density at radius 3 is 2.94 bits per heavy atom. The summed E-state index contributed by atoms with van der Waals surface area (Å²) in [5, 5.41) is 3.95. The average molecular weight is 241 g/mol. The second-order valence-corrected chi connectivity index (χ2v) is 4.91. The Labute approximate surface area is 101 Å². The minimum atomic E-state index is 0.436. The summed E-state index contributed by atoms with van der Waals surface area (Å²) in [7, 11) is 0. The van der Waals surface area contributed by atoms with Gasteiger partial charge in [-0.2, -0.15) is 16.7 Å². The van der Waals surface area contributed by atoms with Gasteiger partial charge in [0.05, 0.1) is 0 Å². The molecule has 0 saturated heterocycles. The Hall–Kier alpha value is -1.01. The van der Waals surface area contributed by atoms with E-state index >= 15 is 0 Å². The lowest BCUT2D eigenvalue weighted by Gasteiger charge is -2.11. The van der Waals surface area contributed by atoms with Gasteiger partial charge in [-0.15, -0.1) is 0 Å². The van der Waals surface area contributed by atoms with Crippen LogP contribution >= 0.6 is 11.8 Å². The molecule has 6 heteroatoms. The largest absolute Gasteiger partial charge is 0.370 e. The van der Waals surface area contributed by atoms with Crippen molar-refractivity contribution in [2.24, 2.45) is 5.84 Å². The highest BCUT2D eigenvalue weighted by molar-refractivity contribution is 7.99. The fourth-order valence-electron chi connectivity index (χ4n) is 1.20. The van der Waals surface area contributed by atoms with Crippen molar-refractivity contribution in [1.29, 1.82) is 0 Å². The molecule has 0 amide bonds. The summed E-state index contributed by atoms with van der Waals surface area (Å²) in [6.45, 7) is 5.09. The van der Waals surface area contributed by atoms with E-state index in [1.165, 1.54) is 0 Å². The van der Waals surface area contributed by atoms with Gasteiger partial charge in [0.25, 0.3) is 0 Å². The van der Waals surface area contributed by atoms with Gasteiger partial charge >= 0.3 is 0 Å². The van der Waals surface area contributed by atoms with Crippen molar-refractivity contribution in [1.82, 2.24) is 9.97 Å². The number of thioether (sulfide) groups is 1. The zero-order valence-corrected chi connectivity index (χ0v) is 10.8. The summed E-state index contributed by atoms with van der Waals surface area (Å²) >= 11 is 1.87. The zero-order valence-electron chi connectivity index (χ0n) is 9.95. The van der Waals surface area contributed by atoms with E-state index in [0.29, 0.717) is 11.2 Å². The molecular weight excluding hydrogens is 222 g/mol. The first-order chi connectivity index (χ1) is 7.67. The Bertz CT molecular complexity index is 331. The second kappa shape index (κ2) is 6.55. The Morgan fingerprint density at radius 1 is 1.56 bits per heavy atom. The number of anilines is 2. The number of nitrogens with one attached hydrogen (secondary N) is 2. The van der Waals surface area contributed by atoms with Gasteiger partial charge in [-0.1, -0.05) is 6.92 Å². The number of nitrogens with zero attached hydrogens (tertiary/aromatic N) is 2. The third-order valence-electron chi connectivity index (χ3n) is 2.35. The molecule has 0 spiro atoms. The van der Waals surface area contributed by atoms with Gasteiger partial charge in [-0.3, -0.25) is 5.43 Å². The maximum Gasteiger partial charge on any atom is 0.239 e. The van der Waals surface area contributed by atoms with E-state index in [1.807, 2.05) is 18.7 Å². The molecule has 0 fully saturated rings. The van der Waals surface area contributed by atoms with Crippen LogP contribution in [0.25, 0.3) is 0 Å². The van der Waals surface area contributed by atoms with E-state index in [9.17, 15) is 0 Å². The van der Waals surface area contributed by atoms with Gasteiger partial charge in [0.2, 0.25) is 5.95 Å². The Morgan fingerprint density at radius 2 is 2.31 bits per heavy atom. The van der Waals surface area contributed by atoms with Crippen LogP contribution in [0.5, 0.6) is 0 Å². The first-order valence-corrected chi connectivity index (χ1v) is 6.53. The molecule has 1 aromatic heterocycles. The molecule has 1 unspecified atom stereocenters. The topological polar surface area (TPSA) is 75.9 Å². The van der Waals surface area contributed by atoms with E-state index in [1.54, 1.807) is 6.20 Å². The first-order valence-electron chi connectivity index (χ1n) is 5.24. The lowest BCUT2D eigenvalue weighted by Crippen LogP contribution is -2.14. The fraction of sp³-hybridized carbons (Fsp3) is 0.600. The van der Waals surface area contributed by atoms with Crippen molar-refractivity contribution in [3.8, 4) is 0 Å². The van der Waals surface area contributed by atoms with Crippen LogP contribution in [0.2, 0.25) is 0 Å². The lowest BCUT2D eigenvalue weighted by atomic mass is 10.3. The van der Waals surface area contributed by atoms with Crippen molar-refractivity contribution in [2.45, 2.75) is 25.5 Å². The van der Waals surface area contributed by atoms with E-state index < -0.39 is 0 Å². The molecule has 16 heavy (non-hydrogen) atoms. The molecule has 0 aliphatic heterocycles. The lowest BCUT2D eigenvalue weighted by molar-refractivity contribution is 0.847. The maximum atomic E-state index is 5.26. The molecule has 1 aromatic rings. The molecule has 0 radical (unpaired) electrons. The Kier molecular flexibility index (Phi) is 5.34. The average Bonchev–Trinajstić information content (AvgIpc) is 2.31. The first kappa shape index (κ1) is 13.1. The highest BCUT2D eigenvalue weighted by atomic mass is 32.2. The summed E-state index contributed by atoms with van der Waals surface area (Å²) in [4.78, 5) is 8.27. The number of nitrogens with two attached hydrogens (primary N) is 1. The van der Waals surface area contributed by atoms with Crippen LogP contribution in [0, 0.1) is 6.92 Å². The van der Waals surface area contributed by atoms with Crippen LogP contribution in [-0.4, -0.2) is 28.0 Å². The van der Waals surface area contributed by atoms with Crippen LogP contribution in [-0.2, 0) is 0 Å². The summed E-state index contributed by atoms with van der Waals surface area (Å²) < 4.78 is 0. The third kappa shape index (κ3) is 3.86. The van der Waals surface area contributed by atoms with Crippen LogP contribution in [0.15, 0.2) is 6.20 Å². The maximum absolute atomic E-state index is 5.26. The number of hydrogen-bond donors (Lipinski definition) is 3. The van der Waals surface area contributed by atoms with Crippen molar-refractivity contribution in [3.05, 3.63) is 11.8 Å². The van der Waals surface area contributed by atoms with Crippen LogP contribution in [0.3, 0.4) is 0 Å². The molecule has 0 saturated carbocycles. The molecule has 5 nitrogen and oxygen atoms in total. The van der Waals surface area contributed by atoms with E-state index in [-0.39, 0.29) is 0 Å². The van der Waals surface area contributed by atoms with Crippen LogP contribution < -0.4 is 16.6 Å². The molecule has 1 rings (SSSR count). The van der Waals surface area contributed by atoms with Crippen molar-refractivity contribution in [3.63, 3.8) is 0 Å². The summed E-state index contributed by atoms with van der Waals surface area (Å²) in [5.41, 5.74) is 3.46. The Balaban J connectivity index is 2.52. The highest BCUT2D eigenvalue weighted by Crippen LogP contribution is 2.13. The number of aromatic nitrogens is 2. The molecule has 1 atom stereocenters. The van der Waals surface area contributed by atoms with Crippen molar-refractivity contribution < 1.29 is 0 Å². The summed E-state index contributed by atoms with van der Waals surface area (Å²) in [6, 6.07) is 0. The predicted molar refractivity (Wildman–Crippen MR) is 70.7 cm³/mol. The van der Waals surface area contributed by atoms with Crippen LogP contribution in [0.1, 0.15) is 18.9 Å². The normalized spacial score (nSPS) is 12.2. The number of aryl methyl sites for hydroxylation is 1.